The van der Waals surface area contributed by atoms with Crippen molar-refractivity contribution in [2.75, 3.05) is 13.1 Å². The highest BCUT2D eigenvalue weighted by atomic mass is 32.2. The van der Waals surface area contributed by atoms with E-state index in [-0.39, 0.29) is 14.5 Å². The number of aromatic nitrogens is 2. The van der Waals surface area contributed by atoms with Gasteiger partial charge in [-0.15, -0.1) is 11.3 Å². The molecule has 1 N–H and O–H groups in total. The van der Waals surface area contributed by atoms with E-state index in [0.29, 0.717) is 22.2 Å². The highest BCUT2D eigenvalue weighted by molar-refractivity contribution is 7.93. The number of nitriles is 1. The van der Waals surface area contributed by atoms with Gasteiger partial charge in [0.25, 0.3) is 0 Å². The van der Waals surface area contributed by atoms with Gasteiger partial charge in [0.15, 0.2) is 0 Å². The number of aliphatic hydroxyl groups excluding tert-OH is 1. The van der Waals surface area contributed by atoms with E-state index in [1.54, 1.807) is 19.1 Å². The van der Waals surface area contributed by atoms with E-state index in [9.17, 15) is 13.5 Å². The molecule has 0 spiro atoms. The molecule has 0 amide bonds. The van der Waals surface area contributed by atoms with E-state index in [2.05, 4.69) is 25.3 Å². The number of sulfone groups is 1. The van der Waals surface area contributed by atoms with Crippen LogP contribution in [-0.4, -0.2) is 46.6 Å². The molecule has 0 unspecified atom stereocenters. The van der Waals surface area contributed by atoms with Crippen molar-refractivity contribution in [1.29, 1.82) is 5.26 Å². The van der Waals surface area contributed by atoms with Gasteiger partial charge in [-0.2, -0.15) is 5.26 Å². The van der Waals surface area contributed by atoms with Crippen molar-refractivity contribution in [2.24, 2.45) is 5.92 Å². The molecule has 2 aromatic heterocycles. The fraction of sp³-hybridized carbons (Fsp3) is 0.458. The molecule has 1 aliphatic heterocycles. The molecule has 1 fully saturated rings. The summed E-state index contributed by atoms with van der Waals surface area (Å²) in [7, 11) is -3.71. The monoisotopic (exact) mass is 485 g/mol. The predicted molar refractivity (Wildman–Crippen MR) is 129 cm³/mol. The second kappa shape index (κ2) is 8.58. The second-order valence-corrected chi connectivity index (χ2v) is 12.9. The van der Waals surface area contributed by atoms with Crippen LogP contribution >= 0.6 is 11.3 Å². The Bertz CT molecular complexity index is 1370. The zero-order valence-electron chi connectivity index (χ0n) is 19.4. The third-order valence-corrected chi connectivity index (χ3v) is 9.40. The van der Waals surface area contributed by atoms with Gasteiger partial charge in [0.2, 0.25) is 9.84 Å². The van der Waals surface area contributed by atoms with Gasteiger partial charge in [0, 0.05) is 24.8 Å². The van der Waals surface area contributed by atoms with Gasteiger partial charge in [0.05, 0.1) is 22.9 Å². The SMILES string of the molecule is CC(O)=[N+]1CCC(Cn2c(C(C)(C)C)nc3cc(S(=O)(=O)c4ccc(C#N)s4)ccc32)CC1. The highest BCUT2D eigenvalue weighted by Crippen LogP contribution is 2.33. The minimum atomic E-state index is -3.71. The molecule has 1 saturated heterocycles. The Morgan fingerprint density at radius 2 is 1.97 bits per heavy atom. The van der Waals surface area contributed by atoms with Crippen molar-refractivity contribution in [2.45, 2.75) is 61.6 Å². The number of fused-ring (bicyclic) bond motifs is 1. The van der Waals surface area contributed by atoms with Crippen LogP contribution < -0.4 is 0 Å². The zero-order chi connectivity index (χ0) is 24.0. The maximum atomic E-state index is 13.1. The van der Waals surface area contributed by atoms with Crippen LogP contribution in [0, 0.1) is 17.2 Å². The molecule has 3 heterocycles. The van der Waals surface area contributed by atoms with Gasteiger partial charge in [0.1, 0.15) is 34.1 Å². The highest BCUT2D eigenvalue weighted by Gasteiger charge is 2.29. The van der Waals surface area contributed by atoms with Crippen molar-refractivity contribution >= 4 is 38.1 Å². The van der Waals surface area contributed by atoms with Crippen LogP contribution in [-0.2, 0) is 21.8 Å². The minimum absolute atomic E-state index is 0.164. The van der Waals surface area contributed by atoms with E-state index in [1.807, 2.05) is 16.7 Å². The smallest absolute Gasteiger partial charge is 0.330 e. The first-order valence-electron chi connectivity index (χ1n) is 11.0. The van der Waals surface area contributed by atoms with Gasteiger partial charge in [-0.25, -0.2) is 18.0 Å². The average Bonchev–Trinajstić information content (AvgIpc) is 3.39. The maximum Gasteiger partial charge on any atom is 0.330 e. The molecule has 0 bridgehead atoms. The number of benzene rings is 1. The van der Waals surface area contributed by atoms with E-state index >= 15 is 0 Å². The molecule has 7 nitrogen and oxygen atoms in total. The summed E-state index contributed by atoms with van der Waals surface area (Å²) in [4.78, 5) is 5.43. The Kier molecular flexibility index (Phi) is 6.10. The summed E-state index contributed by atoms with van der Waals surface area (Å²) in [5, 5.41) is 18.8. The molecule has 0 aliphatic carbocycles. The molecule has 0 saturated carbocycles. The minimum Gasteiger partial charge on any atom is -0.464 e. The number of nitrogens with zero attached hydrogens (tertiary/aromatic N) is 4. The van der Waals surface area contributed by atoms with Crippen molar-refractivity contribution in [3.63, 3.8) is 0 Å². The van der Waals surface area contributed by atoms with Gasteiger partial charge >= 0.3 is 5.90 Å². The third kappa shape index (κ3) is 4.55. The predicted octanol–water partition coefficient (Wildman–Crippen LogP) is 4.50. The molecule has 33 heavy (non-hydrogen) atoms. The standard InChI is InChI=1S/C24H28N4O3S2/c1-16(29)27-11-9-17(10-12-27)15-28-21-7-6-19(13-20(21)26-23(28)24(2,3)4)33(30,31)22-8-5-18(14-25)32-22/h5-8,13,17H,9-12,15H2,1-4H3/p+1. The summed E-state index contributed by atoms with van der Waals surface area (Å²) in [6, 6.07) is 10.2. The van der Waals surface area contributed by atoms with Crippen molar-refractivity contribution < 1.29 is 18.1 Å². The van der Waals surface area contributed by atoms with Crippen LogP contribution in [0.25, 0.3) is 11.0 Å². The number of hydrogen-bond acceptors (Lipinski definition) is 5. The lowest BCUT2D eigenvalue weighted by atomic mass is 9.94. The van der Waals surface area contributed by atoms with E-state index in [4.69, 9.17) is 10.2 Å². The van der Waals surface area contributed by atoms with Crippen molar-refractivity contribution in [3.05, 3.63) is 41.0 Å². The van der Waals surface area contributed by atoms with Crippen LogP contribution in [0.5, 0.6) is 0 Å². The Labute approximate surface area is 198 Å². The number of hydrogen-bond donors (Lipinski definition) is 1. The first-order valence-corrected chi connectivity index (χ1v) is 13.3. The molecule has 0 radical (unpaired) electrons. The normalized spacial score (nSPS) is 17.3. The topological polar surface area (TPSA) is 99.0 Å². The first-order chi connectivity index (χ1) is 15.5. The second-order valence-electron chi connectivity index (χ2n) is 9.66. The molecular formula is C24H29N4O3S2+. The zero-order valence-corrected chi connectivity index (χ0v) is 21.0. The molecule has 9 heteroatoms. The average molecular weight is 486 g/mol. The largest absolute Gasteiger partial charge is 0.464 e. The van der Waals surface area contributed by atoms with Crippen LogP contribution in [0.4, 0.5) is 0 Å². The third-order valence-electron chi connectivity index (χ3n) is 6.17. The lowest BCUT2D eigenvalue weighted by Gasteiger charge is -2.25. The number of imidazole rings is 1. The summed E-state index contributed by atoms with van der Waals surface area (Å²) in [5.41, 5.74) is 1.38. The van der Waals surface area contributed by atoms with E-state index < -0.39 is 9.84 Å². The van der Waals surface area contributed by atoms with Gasteiger partial charge < -0.3 is 9.67 Å². The molecule has 4 rings (SSSR count). The van der Waals surface area contributed by atoms with Crippen molar-refractivity contribution in [1.82, 2.24) is 9.55 Å². The summed E-state index contributed by atoms with van der Waals surface area (Å²) in [5.74, 6) is 1.76. The quantitative estimate of drug-likeness (QED) is 0.433. The number of thiophene rings is 1. The van der Waals surface area contributed by atoms with E-state index in [1.165, 1.54) is 12.1 Å². The fourth-order valence-electron chi connectivity index (χ4n) is 4.37. The Morgan fingerprint density at radius 1 is 1.27 bits per heavy atom. The van der Waals surface area contributed by atoms with Crippen molar-refractivity contribution in [3.8, 4) is 6.07 Å². The number of piperidine rings is 1. The summed E-state index contributed by atoms with van der Waals surface area (Å²) in [6.45, 7) is 10.5. The lowest BCUT2D eigenvalue weighted by Crippen LogP contribution is -2.32. The molecule has 3 aromatic rings. The van der Waals surface area contributed by atoms with Gasteiger partial charge in [-0.1, -0.05) is 20.8 Å². The van der Waals surface area contributed by atoms with Crippen LogP contribution in [0.3, 0.4) is 0 Å². The van der Waals surface area contributed by atoms with Gasteiger partial charge in [-0.05, 0) is 36.2 Å². The summed E-state index contributed by atoms with van der Waals surface area (Å²) >= 11 is 0.980. The Morgan fingerprint density at radius 3 is 2.55 bits per heavy atom. The Hall–Kier alpha value is -2.70. The lowest BCUT2D eigenvalue weighted by molar-refractivity contribution is -0.548. The Balaban J connectivity index is 1.72. The summed E-state index contributed by atoms with van der Waals surface area (Å²) in [6.07, 6.45) is 1.96. The van der Waals surface area contributed by atoms with Gasteiger partial charge in [-0.3, -0.25) is 0 Å². The fourth-order valence-corrected chi connectivity index (χ4v) is 6.90. The maximum absolute atomic E-state index is 13.1. The molecule has 1 aliphatic rings. The van der Waals surface area contributed by atoms with E-state index in [0.717, 1.165) is 55.2 Å². The first kappa shape index (κ1) is 23.5. The molecule has 1 aromatic carbocycles. The summed E-state index contributed by atoms with van der Waals surface area (Å²) < 4.78 is 30.7. The molecular weight excluding hydrogens is 456 g/mol. The van der Waals surface area contributed by atoms with Crippen LogP contribution in [0.1, 0.15) is 51.2 Å². The number of rotatable bonds is 4. The number of aliphatic hydroxyl groups is 1. The molecule has 0 atom stereocenters. The van der Waals surface area contributed by atoms with Crippen LogP contribution in [0.15, 0.2) is 39.4 Å². The van der Waals surface area contributed by atoms with Crippen LogP contribution in [0.2, 0.25) is 0 Å². The molecule has 174 valence electrons.